The molecular weight excluding hydrogens is 900 g/mol. The summed E-state index contributed by atoms with van der Waals surface area (Å²) in [4.78, 5) is 36.5. The van der Waals surface area contributed by atoms with Gasteiger partial charge in [0.2, 0.25) is 0 Å². The molecule has 2 aliphatic rings. The fourth-order valence-corrected chi connectivity index (χ4v) is 9.40. The molecule has 0 aromatic rings. The van der Waals surface area contributed by atoms with Crippen molar-refractivity contribution >= 4 is 19.8 Å². The van der Waals surface area contributed by atoms with Gasteiger partial charge in [0.25, 0.3) is 0 Å². The van der Waals surface area contributed by atoms with Crippen LogP contribution in [0.4, 0.5) is 0 Å². The number of phosphoric acid groups is 1. The maximum Gasteiger partial charge on any atom is 0.472 e. The number of hydrogen-bond donors (Lipinski definition) is 9. The van der Waals surface area contributed by atoms with Gasteiger partial charge < -0.3 is 55.2 Å². The molecule has 1 saturated carbocycles. The monoisotopic (exact) mass is 989 g/mol. The second-order valence-electron chi connectivity index (χ2n) is 18.6. The number of aliphatic hydroxyl groups is 8. The second-order valence-corrected chi connectivity index (χ2v) is 20.0. The van der Waals surface area contributed by atoms with Crippen molar-refractivity contribution < 1.29 is 78.4 Å². The van der Waals surface area contributed by atoms with Crippen LogP contribution in [-0.2, 0) is 32.7 Å². The summed E-state index contributed by atoms with van der Waals surface area (Å²) in [5.41, 5.74) is 0. The molecule has 0 aromatic heterocycles. The van der Waals surface area contributed by atoms with E-state index in [-0.39, 0.29) is 25.7 Å². The zero-order chi connectivity index (χ0) is 50.2. The third-order valence-electron chi connectivity index (χ3n) is 12.7. The number of esters is 2. The standard InChI is InChI=1S/C51H89O16P/c1-3-5-7-8-9-10-11-12-13-14-15-16-17-18-19-20-21-22-27-31-44(55)64-36-39-37-65-68(62,63)67-51-49(60)47(58)41(34-33-38(52)29-25-6-4-2)43(54)35-42(53)40(46(57)48(59)50(51)61)30-26-23-24-28-32-45(56)66-39/h9-10,12-13,23,26,33-34,38-43,46-54,57-61H,3-8,11,14-22,24-25,27-32,35-37H2,1-2H3,(H,62,63)/b10-9-,13-12-,26-23?,34-33+/t38-,39+,40-,41-,42-,43+,46+,47+,48-,49+,50+,51+/m0/s1. The topological polar surface area (TPSA) is 270 Å². The minimum atomic E-state index is -5.44. The van der Waals surface area contributed by atoms with E-state index < -0.39 is 112 Å². The van der Waals surface area contributed by atoms with Crippen molar-refractivity contribution in [3.8, 4) is 0 Å². The Morgan fingerprint density at radius 1 is 0.765 bits per heavy atom. The highest BCUT2D eigenvalue weighted by atomic mass is 31.2. The number of phosphoric ester groups is 1. The number of rotatable bonds is 26. The Morgan fingerprint density at radius 2 is 1.37 bits per heavy atom. The molecule has 1 fully saturated rings. The molecule has 0 aromatic carbocycles. The van der Waals surface area contributed by atoms with Crippen molar-refractivity contribution in [3.63, 3.8) is 0 Å². The smallest absolute Gasteiger partial charge is 0.462 e. The molecule has 0 radical (unpaired) electrons. The van der Waals surface area contributed by atoms with Gasteiger partial charge in [0.05, 0.1) is 37.1 Å². The normalized spacial score (nSPS) is 31.2. The lowest BCUT2D eigenvalue weighted by Gasteiger charge is -2.37. The van der Waals surface area contributed by atoms with Crippen molar-refractivity contribution in [3.05, 3.63) is 48.6 Å². The van der Waals surface area contributed by atoms with E-state index in [1.165, 1.54) is 63.5 Å². The summed E-state index contributed by atoms with van der Waals surface area (Å²) in [7, 11) is -5.44. The van der Waals surface area contributed by atoms with Gasteiger partial charge in [-0.1, -0.05) is 140 Å². The summed E-state index contributed by atoms with van der Waals surface area (Å²) < 4.78 is 34.7. The summed E-state index contributed by atoms with van der Waals surface area (Å²) in [6.45, 7) is 2.82. The predicted octanol–water partition coefficient (Wildman–Crippen LogP) is 7.11. The minimum Gasteiger partial charge on any atom is -0.462 e. The van der Waals surface area contributed by atoms with E-state index in [0.29, 0.717) is 25.7 Å². The first-order valence-electron chi connectivity index (χ1n) is 25.7. The number of carbonyl (C=O) groups excluding carboxylic acids is 2. The largest absolute Gasteiger partial charge is 0.472 e. The van der Waals surface area contributed by atoms with Crippen LogP contribution in [0.5, 0.6) is 0 Å². The zero-order valence-corrected chi connectivity index (χ0v) is 41.9. The maximum atomic E-state index is 13.5. The highest BCUT2D eigenvalue weighted by Gasteiger charge is 2.49. The van der Waals surface area contributed by atoms with Gasteiger partial charge in [0.1, 0.15) is 31.0 Å². The van der Waals surface area contributed by atoms with Crippen molar-refractivity contribution in [1.82, 2.24) is 0 Å². The van der Waals surface area contributed by atoms with Crippen LogP contribution < -0.4 is 0 Å². The molecule has 1 aliphatic carbocycles. The Morgan fingerprint density at radius 3 is 2.03 bits per heavy atom. The Labute approximate surface area is 406 Å². The molecule has 394 valence electrons. The van der Waals surface area contributed by atoms with Gasteiger partial charge in [-0.2, -0.15) is 0 Å². The number of allylic oxidation sites excluding steroid dienone is 6. The first kappa shape index (κ1) is 61.8. The molecule has 0 saturated heterocycles. The van der Waals surface area contributed by atoms with E-state index in [4.69, 9.17) is 18.5 Å². The number of aliphatic hydroxyl groups excluding tert-OH is 8. The average molecular weight is 989 g/mol. The SMILES string of the molecule is CCCCC/C=C\C/C=C\CCCCCCCCCCCC(=O)OC[C@@H]1COP(=O)(O)O[C@H]2[C@H](O)[C@@H](O)[C@H](O)[C@@H](CC=CCCCC(=O)O1)[C@@H](O)C[C@@H](O)[C@H](/C=C/[C@@H](O)CCCCC)[C@@H](O)[C@H]2O. The zero-order valence-electron chi connectivity index (χ0n) is 41.0. The second kappa shape index (κ2) is 36.6. The molecule has 13 atom stereocenters. The van der Waals surface area contributed by atoms with E-state index in [1.54, 1.807) is 12.2 Å². The van der Waals surface area contributed by atoms with Gasteiger partial charge in [-0.15, -0.1) is 0 Å². The van der Waals surface area contributed by atoms with E-state index in [9.17, 15) is 59.9 Å². The molecule has 17 heteroatoms. The van der Waals surface area contributed by atoms with Crippen LogP contribution in [0.15, 0.2) is 48.6 Å². The number of cyclic esters (lactones) is 1. The Hall–Kier alpha value is -2.31. The predicted molar refractivity (Wildman–Crippen MR) is 260 cm³/mol. The quantitative estimate of drug-likeness (QED) is 0.0181. The first-order valence-corrected chi connectivity index (χ1v) is 27.2. The van der Waals surface area contributed by atoms with Gasteiger partial charge in [-0.25, -0.2) is 4.57 Å². The van der Waals surface area contributed by atoms with Crippen LogP contribution in [0.1, 0.15) is 174 Å². The number of fused-ring (bicyclic) bond motifs is 4. The highest BCUT2D eigenvalue weighted by Crippen LogP contribution is 2.47. The van der Waals surface area contributed by atoms with Gasteiger partial charge in [0.15, 0.2) is 6.10 Å². The van der Waals surface area contributed by atoms with E-state index in [0.717, 1.165) is 51.4 Å². The number of hydrogen-bond acceptors (Lipinski definition) is 15. The third-order valence-corrected chi connectivity index (χ3v) is 13.7. The van der Waals surface area contributed by atoms with Crippen molar-refractivity contribution in [2.45, 2.75) is 235 Å². The summed E-state index contributed by atoms with van der Waals surface area (Å²) in [6.07, 6.45) is 15.0. The van der Waals surface area contributed by atoms with Crippen molar-refractivity contribution in [1.29, 1.82) is 0 Å². The fraction of sp³-hybridized carbons (Fsp3) is 0.804. The van der Waals surface area contributed by atoms with Crippen LogP contribution in [-0.4, -0.2) is 132 Å². The van der Waals surface area contributed by atoms with Crippen LogP contribution >= 0.6 is 7.82 Å². The number of unbranched alkanes of at least 4 members (excludes halogenated alkanes) is 14. The Bertz CT molecular complexity index is 1510. The van der Waals surface area contributed by atoms with Gasteiger partial charge in [-0.05, 0) is 64.2 Å². The van der Waals surface area contributed by atoms with E-state index in [2.05, 4.69) is 31.2 Å². The van der Waals surface area contributed by atoms with Gasteiger partial charge in [0, 0.05) is 31.1 Å². The Kier molecular flexibility index (Phi) is 33.3. The molecule has 68 heavy (non-hydrogen) atoms. The van der Waals surface area contributed by atoms with Crippen LogP contribution in [0, 0.1) is 11.8 Å². The summed E-state index contributed by atoms with van der Waals surface area (Å²) in [5.74, 6) is -4.02. The van der Waals surface area contributed by atoms with Gasteiger partial charge >= 0.3 is 19.8 Å². The third kappa shape index (κ3) is 26.2. The number of ether oxygens (including phenoxy) is 2. The molecule has 2 rings (SSSR count). The lowest BCUT2D eigenvalue weighted by Crippen LogP contribution is -2.55. The molecule has 1 unspecified atom stereocenters. The molecule has 0 amide bonds. The summed E-state index contributed by atoms with van der Waals surface area (Å²) >= 11 is 0. The highest BCUT2D eigenvalue weighted by molar-refractivity contribution is 7.47. The van der Waals surface area contributed by atoms with Crippen LogP contribution in [0.3, 0.4) is 0 Å². The van der Waals surface area contributed by atoms with Crippen LogP contribution in [0.2, 0.25) is 0 Å². The lowest BCUT2D eigenvalue weighted by molar-refractivity contribution is -0.167. The fourth-order valence-electron chi connectivity index (χ4n) is 8.43. The molecule has 1 aliphatic heterocycles. The Balaban J connectivity index is 2.04. The molecule has 2 bridgehead atoms. The lowest BCUT2D eigenvalue weighted by atomic mass is 9.83. The average Bonchev–Trinajstić information content (AvgIpc) is 3.31. The summed E-state index contributed by atoms with van der Waals surface area (Å²) in [5, 5.41) is 90.0. The van der Waals surface area contributed by atoms with Crippen molar-refractivity contribution in [2.75, 3.05) is 13.2 Å². The van der Waals surface area contributed by atoms with Gasteiger partial charge in [-0.3, -0.25) is 18.6 Å². The molecule has 16 nitrogen and oxygen atoms in total. The van der Waals surface area contributed by atoms with E-state index >= 15 is 0 Å². The molecule has 1 heterocycles. The van der Waals surface area contributed by atoms with E-state index in [1.807, 2.05) is 6.92 Å². The molecule has 9 N–H and O–H groups in total. The first-order chi connectivity index (χ1) is 32.6. The molecule has 0 spiro atoms. The van der Waals surface area contributed by atoms with Crippen molar-refractivity contribution in [2.24, 2.45) is 11.8 Å². The molecular formula is C51H89O16P. The maximum absolute atomic E-state index is 13.5. The summed E-state index contributed by atoms with van der Waals surface area (Å²) in [6, 6.07) is 0. The minimum absolute atomic E-state index is 0.100. The van der Waals surface area contributed by atoms with Crippen LogP contribution in [0.25, 0.3) is 0 Å². The number of carbonyl (C=O) groups is 2.